The zero-order valence-electron chi connectivity index (χ0n) is 33.4. The maximum absolute atomic E-state index is 5.40. The van der Waals surface area contributed by atoms with Gasteiger partial charge in [0.15, 0.2) is 0 Å². The van der Waals surface area contributed by atoms with Crippen LogP contribution in [-0.4, -0.2) is 29.9 Å². The number of hydrogen-bond donors (Lipinski definition) is 4. The van der Waals surface area contributed by atoms with E-state index in [0.29, 0.717) is 0 Å². The number of hydrogen-bond acceptors (Lipinski definition) is 2. The summed E-state index contributed by atoms with van der Waals surface area (Å²) in [6.07, 6.45) is 5.60. The van der Waals surface area contributed by atoms with E-state index in [1.54, 1.807) is 0 Å². The van der Waals surface area contributed by atoms with Crippen LogP contribution in [0.25, 0.3) is 66.4 Å². The predicted octanol–water partition coefficient (Wildman–Crippen LogP) is 12.6. The SMILES string of the molecule is CCC1=C(C)c2nc1cc1[nH]c(cc3[nH]c(c4nc(cc5[nH]c(cc6[nH]c2c(C)c6CC)c(C)c5CC)C(CC)=C4C)c(C)c3CC)c(CC)c1C. The summed E-state index contributed by atoms with van der Waals surface area (Å²) in [6, 6.07) is 9.22. The number of aromatic nitrogens is 6. The molecule has 6 heteroatoms. The summed E-state index contributed by atoms with van der Waals surface area (Å²) in [7, 11) is 0. The summed E-state index contributed by atoms with van der Waals surface area (Å²) in [6.45, 7) is 27.0. The van der Waals surface area contributed by atoms with Crippen molar-refractivity contribution < 1.29 is 0 Å². The summed E-state index contributed by atoms with van der Waals surface area (Å²) in [4.78, 5) is 26.2. The molecule has 2 aliphatic heterocycles. The van der Waals surface area contributed by atoms with Gasteiger partial charge in [-0.05, 0) is 171 Å². The van der Waals surface area contributed by atoms with Crippen LogP contribution in [-0.2, 0) is 25.7 Å². The molecular formula is C46H56N6. The Morgan fingerprint density at radius 3 is 1.12 bits per heavy atom. The van der Waals surface area contributed by atoms with E-state index >= 15 is 0 Å². The topological polar surface area (TPSA) is 88.9 Å². The molecule has 0 aromatic carbocycles. The van der Waals surface area contributed by atoms with E-state index in [4.69, 9.17) is 9.97 Å². The summed E-state index contributed by atoms with van der Waals surface area (Å²) < 4.78 is 0. The Morgan fingerprint density at radius 1 is 0.385 bits per heavy atom. The van der Waals surface area contributed by atoms with E-state index in [1.807, 2.05) is 0 Å². The summed E-state index contributed by atoms with van der Waals surface area (Å²) >= 11 is 0. The van der Waals surface area contributed by atoms with Crippen LogP contribution in [0.5, 0.6) is 0 Å². The summed E-state index contributed by atoms with van der Waals surface area (Å²) in [5.41, 5.74) is 28.9. The number of aryl methyl sites for hydroxylation is 8. The number of nitrogens with one attached hydrogen (secondary N) is 4. The molecule has 270 valence electrons. The third-order valence-corrected chi connectivity index (χ3v) is 12.2. The first-order valence-corrected chi connectivity index (χ1v) is 19.6. The van der Waals surface area contributed by atoms with Crippen molar-refractivity contribution in [3.63, 3.8) is 0 Å². The molecule has 7 heterocycles. The molecule has 6 nitrogen and oxygen atoms in total. The Balaban J connectivity index is 1.71. The van der Waals surface area contributed by atoms with Gasteiger partial charge in [-0.3, -0.25) is 0 Å². The van der Waals surface area contributed by atoms with E-state index in [0.717, 1.165) is 105 Å². The minimum Gasteiger partial charge on any atom is -0.355 e. The molecular weight excluding hydrogens is 637 g/mol. The van der Waals surface area contributed by atoms with Crippen LogP contribution in [0, 0.1) is 27.7 Å². The first-order chi connectivity index (χ1) is 25.0. The molecule has 0 aliphatic carbocycles. The van der Waals surface area contributed by atoms with Crippen molar-refractivity contribution in [2.75, 3.05) is 0 Å². The average molecular weight is 693 g/mol. The molecule has 0 spiro atoms. The number of rotatable bonds is 6. The van der Waals surface area contributed by atoms with E-state index in [2.05, 4.69) is 127 Å². The first kappa shape index (κ1) is 35.6. The van der Waals surface area contributed by atoms with Crippen molar-refractivity contribution in [3.8, 4) is 0 Å². The molecule has 0 radical (unpaired) electrons. The Morgan fingerprint density at radius 2 is 0.712 bits per heavy atom. The second-order valence-electron chi connectivity index (χ2n) is 14.7. The smallest absolute Gasteiger partial charge is 0.0907 e. The van der Waals surface area contributed by atoms with Gasteiger partial charge in [0.25, 0.3) is 0 Å². The van der Waals surface area contributed by atoms with Crippen LogP contribution in [0.3, 0.4) is 0 Å². The van der Waals surface area contributed by atoms with Crippen molar-refractivity contribution in [2.45, 2.75) is 122 Å². The van der Waals surface area contributed by atoms with E-state index in [9.17, 15) is 0 Å². The lowest BCUT2D eigenvalue weighted by Crippen LogP contribution is -1.84. The van der Waals surface area contributed by atoms with Crippen molar-refractivity contribution >= 4 is 66.4 Å². The fourth-order valence-electron chi connectivity index (χ4n) is 9.14. The van der Waals surface area contributed by atoms with Gasteiger partial charge in [-0.2, -0.15) is 0 Å². The first-order valence-electron chi connectivity index (χ1n) is 19.6. The highest BCUT2D eigenvalue weighted by Gasteiger charge is 2.22. The molecule has 52 heavy (non-hydrogen) atoms. The molecule has 12 bridgehead atoms. The molecule has 5 aromatic rings. The Bertz CT molecular complexity index is 2590. The van der Waals surface area contributed by atoms with Gasteiger partial charge in [0.2, 0.25) is 0 Å². The molecule has 0 saturated carbocycles. The van der Waals surface area contributed by atoms with Crippen LogP contribution in [0.15, 0.2) is 24.3 Å². The highest BCUT2D eigenvalue weighted by Crippen LogP contribution is 2.39. The highest BCUT2D eigenvalue weighted by molar-refractivity contribution is 5.99. The lowest BCUT2D eigenvalue weighted by molar-refractivity contribution is 1.14. The zero-order chi connectivity index (χ0) is 37.2. The molecule has 0 atom stereocenters. The largest absolute Gasteiger partial charge is 0.355 e. The lowest BCUT2D eigenvalue weighted by Gasteiger charge is -2.00. The van der Waals surface area contributed by atoms with Gasteiger partial charge in [0.05, 0.1) is 33.8 Å². The summed E-state index contributed by atoms with van der Waals surface area (Å²) in [5.74, 6) is 0. The van der Waals surface area contributed by atoms with Crippen molar-refractivity contribution in [2.24, 2.45) is 0 Å². The van der Waals surface area contributed by atoms with E-state index in [-0.39, 0.29) is 0 Å². The van der Waals surface area contributed by atoms with Crippen molar-refractivity contribution in [1.29, 1.82) is 0 Å². The number of aromatic amines is 4. The minimum atomic E-state index is 0.922. The normalized spacial score (nSPS) is 13.3. The van der Waals surface area contributed by atoms with Crippen LogP contribution < -0.4 is 0 Å². The quantitative estimate of drug-likeness (QED) is 0.143. The fraction of sp³-hybridized carbons (Fsp3) is 0.391. The number of fused-ring (bicyclic) bond motifs is 14. The molecule has 0 amide bonds. The average Bonchev–Trinajstić information content (AvgIpc) is 3.92. The molecule has 0 unspecified atom stereocenters. The molecule has 2 aliphatic rings. The van der Waals surface area contributed by atoms with Gasteiger partial charge in [0, 0.05) is 33.1 Å². The number of H-pyrrole nitrogens is 4. The molecule has 4 N–H and O–H groups in total. The second-order valence-corrected chi connectivity index (χ2v) is 14.7. The minimum absolute atomic E-state index is 0.922. The van der Waals surface area contributed by atoms with Crippen LogP contribution >= 0.6 is 0 Å². The molecule has 7 rings (SSSR count). The van der Waals surface area contributed by atoms with Crippen LogP contribution in [0.1, 0.15) is 136 Å². The van der Waals surface area contributed by atoms with Crippen LogP contribution in [0.4, 0.5) is 0 Å². The number of allylic oxidation sites excluding steroid dienone is 4. The standard InChI is InChI=1S/C46H56N6/c1-13-29-23(7)35-19-39-31(15-3)25(9)43(49-39)44-26(10)32(16-4)40(50-44)20-36-24(8)30(14-2)38(48-36)22-42-34(18-6)28(12)46(52-42)45-27(11)33(17-5)41(51-45)21-37(29)47-35/h19-22,47-49,52H,13-18H2,1-12H3. The van der Waals surface area contributed by atoms with Crippen molar-refractivity contribution in [1.82, 2.24) is 29.9 Å². The number of nitrogens with zero attached hydrogens (tertiary/aromatic N) is 2. The molecule has 0 saturated heterocycles. The van der Waals surface area contributed by atoms with Gasteiger partial charge < -0.3 is 19.9 Å². The second kappa shape index (κ2) is 13.6. The highest BCUT2D eigenvalue weighted by atomic mass is 14.8. The zero-order valence-corrected chi connectivity index (χ0v) is 33.4. The van der Waals surface area contributed by atoms with Gasteiger partial charge in [0.1, 0.15) is 0 Å². The van der Waals surface area contributed by atoms with E-state index < -0.39 is 0 Å². The Hall–Kier alpha value is -4.84. The third kappa shape index (κ3) is 5.45. The lowest BCUT2D eigenvalue weighted by atomic mass is 10.0. The maximum Gasteiger partial charge on any atom is 0.0907 e. The maximum atomic E-state index is 5.40. The molecule has 5 aromatic heterocycles. The summed E-state index contributed by atoms with van der Waals surface area (Å²) in [5, 5.41) is 0. The van der Waals surface area contributed by atoms with Crippen molar-refractivity contribution in [3.05, 3.63) is 91.5 Å². The van der Waals surface area contributed by atoms with Crippen LogP contribution in [0.2, 0.25) is 0 Å². The third-order valence-electron chi connectivity index (χ3n) is 12.2. The predicted molar refractivity (Wildman–Crippen MR) is 224 cm³/mol. The Kier molecular flexibility index (Phi) is 9.31. The van der Waals surface area contributed by atoms with Gasteiger partial charge in [-0.25, -0.2) is 9.97 Å². The molecule has 0 fully saturated rings. The Labute approximate surface area is 308 Å². The monoisotopic (exact) mass is 692 g/mol. The van der Waals surface area contributed by atoms with Gasteiger partial charge >= 0.3 is 0 Å². The van der Waals surface area contributed by atoms with Gasteiger partial charge in [-0.15, -0.1) is 0 Å². The van der Waals surface area contributed by atoms with E-state index in [1.165, 1.54) is 66.8 Å². The van der Waals surface area contributed by atoms with Gasteiger partial charge in [-0.1, -0.05) is 41.5 Å². The fourth-order valence-corrected chi connectivity index (χ4v) is 9.14.